The van der Waals surface area contributed by atoms with Gasteiger partial charge < -0.3 is 14.8 Å². The van der Waals surface area contributed by atoms with Crippen molar-refractivity contribution in [2.45, 2.75) is 38.3 Å². The average molecular weight is 477 g/mol. The maximum absolute atomic E-state index is 13.4. The normalized spacial score (nSPS) is 14.5. The van der Waals surface area contributed by atoms with Crippen LogP contribution < -0.4 is 5.32 Å². The number of aryl methyl sites for hydroxylation is 1. The molecule has 3 amide bonds. The number of carbonyl (C=O) groups excluding carboxylic acids is 3. The SMILES string of the molecule is CC(CCc1ccco1)NC(=O)C(Cc1ccc(O)c([N+](=O)[O-])c1)N1C(=O)c2ccccc2C1=O. The maximum atomic E-state index is 13.4. The summed E-state index contributed by atoms with van der Waals surface area (Å²) in [5.41, 5.74) is 0.168. The minimum absolute atomic E-state index is 0.163. The number of fused-ring (bicyclic) bond motifs is 1. The Kier molecular flexibility index (Phi) is 6.63. The summed E-state index contributed by atoms with van der Waals surface area (Å²) < 4.78 is 5.32. The van der Waals surface area contributed by atoms with Crippen molar-refractivity contribution in [1.29, 1.82) is 0 Å². The first-order valence-electron chi connectivity index (χ1n) is 11.0. The van der Waals surface area contributed by atoms with Crippen LogP contribution in [0.15, 0.2) is 65.3 Å². The summed E-state index contributed by atoms with van der Waals surface area (Å²) in [7, 11) is 0. The van der Waals surface area contributed by atoms with E-state index in [0.29, 0.717) is 18.4 Å². The summed E-state index contributed by atoms with van der Waals surface area (Å²) in [4.78, 5) is 51.0. The van der Waals surface area contributed by atoms with Crippen LogP contribution >= 0.6 is 0 Å². The maximum Gasteiger partial charge on any atom is 0.310 e. The minimum atomic E-state index is -1.25. The highest BCUT2D eigenvalue weighted by Gasteiger charge is 2.43. The van der Waals surface area contributed by atoms with Crippen LogP contribution in [-0.4, -0.2) is 44.7 Å². The lowest BCUT2D eigenvalue weighted by Gasteiger charge is -2.27. The molecule has 4 rings (SSSR count). The quantitative estimate of drug-likeness (QED) is 0.274. The van der Waals surface area contributed by atoms with Gasteiger partial charge in [0.1, 0.15) is 11.8 Å². The molecule has 180 valence electrons. The second-order valence-corrected chi connectivity index (χ2v) is 8.35. The molecular weight excluding hydrogens is 454 g/mol. The number of hydrogen-bond donors (Lipinski definition) is 2. The average Bonchev–Trinajstić information content (AvgIpc) is 3.44. The molecule has 10 nitrogen and oxygen atoms in total. The molecule has 0 spiro atoms. The van der Waals surface area contributed by atoms with E-state index in [4.69, 9.17) is 4.42 Å². The number of phenolic OH excluding ortho intramolecular Hbond substituents is 1. The number of amides is 3. The zero-order valence-electron chi connectivity index (χ0n) is 18.8. The number of imide groups is 1. The number of aromatic hydroxyl groups is 1. The minimum Gasteiger partial charge on any atom is -0.502 e. The Bertz CT molecular complexity index is 1250. The zero-order valence-corrected chi connectivity index (χ0v) is 18.8. The number of furan rings is 1. The monoisotopic (exact) mass is 477 g/mol. The molecule has 0 radical (unpaired) electrons. The van der Waals surface area contributed by atoms with Gasteiger partial charge in [0.05, 0.1) is 22.3 Å². The van der Waals surface area contributed by atoms with Gasteiger partial charge in [0, 0.05) is 24.9 Å². The fourth-order valence-electron chi connectivity index (χ4n) is 4.08. The standard InChI is InChI=1S/C25H23N3O7/c1-15(8-10-17-5-4-12-35-17)26-23(30)21(14-16-9-11-22(29)20(13-16)28(33)34)27-24(31)18-6-2-3-7-19(18)25(27)32/h2-7,9,11-13,15,21,29H,8,10,14H2,1H3,(H,26,30). The van der Waals surface area contributed by atoms with Crippen LogP contribution in [0.5, 0.6) is 5.75 Å². The number of nitrogens with one attached hydrogen (secondary N) is 1. The van der Waals surface area contributed by atoms with Crippen LogP contribution in [0.1, 0.15) is 45.4 Å². The Balaban J connectivity index is 1.60. The Hall–Kier alpha value is -4.47. The number of phenols is 1. The lowest BCUT2D eigenvalue weighted by Crippen LogP contribution is -2.52. The van der Waals surface area contributed by atoms with E-state index in [0.717, 1.165) is 22.8 Å². The summed E-state index contributed by atoms with van der Waals surface area (Å²) in [5.74, 6) is -1.54. The van der Waals surface area contributed by atoms with Gasteiger partial charge in [0.15, 0.2) is 5.75 Å². The summed E-state index contributed by atoms with van der Waals surface area (Å²) in [5, 5.41) is 23.9. The Labute approximate surface area is 200 Å². The number of rotatable bonds is 9. The molecule has 1 aliphatic rings. The molecule has 3 aromatic rings. The van der Waals surface area contributed by atoms with Crippen LogP contribution in [0.3, 0.4) is 0 Å². The Morgan fingerprint density at radius 2 is 1.80 bits per heavy atom. The number of benzene rings is 2. The van der Waals surface area contributed by atoms with Gasteiger partial charge in [-0.25, -0.2) is 0 Å². The molecule has 0 aliphatic carbocycles. The molecular formula is C25H23N3O7. The van der Waals surface area contributed by atoms with Crippen LogP contribution in [0.25, 0.3) is 0 Å². The van der Waals surface area contributed by atoms with Crippen molar-refractivity contribution < 1.29 is 28.8 Å². The zero-order chi connectivity index (χ0) is 25.1. The second-order valence-electron chi connectivity index (χ2n) is 8.35. The van der Waals surface area contributed by atoms with Crippen LogP contribution in [-0.2, 0) is 17.6 Å². The first kappa shape index (κ1) is 23.7. The van der Waals surface area contributed by atoms with Crippen molar-refractivity contribution in [3.63, 3.8) is 0 Å². The third kappa shape index (κ3) is 4.91. The van der Waals surface area contributed by atoms with Crippen molar-refractivity contribution in [3.05, 3.63) is 93.4 Å². The number of nitrogens with zero attached hydrogens (tertiary/aromatic N) is 2. The van der Waals surface area contributed by atoms with Gasteiger partial charge >= 0.3 is 5.69 Å². The topological polar surface area (TPSA) is 143 Å². The van der Waals surface area contributed by atoms with Gasteiger partial charge in [-0.05, 0) is 49.2 Å². The summed E-state index contributed by atoms with van der Waals surface area (Å²) in [6.45, 7) is 1.80. The molecule has 0 saturated heterocycles. The Morgan fingerprint density at radius 3 is 2.40 bits per heavy atom. The van der Waals surface area contributed by atoms with Crippen molar-refractivity contribution in [2.75, 3.05) is 0 Å². The molecule has 1 aromatic heterocycles. The lowest BCUT2D eigenvalue weighted by atomic mass is 10.0. The van der Waals surface area contributed by atoms with Crippen LogP contribution in [0.4, 0.5) is 5.69 Å². The van der Waals surface area contributed by atoms with Gasteiger partial charge in [-0.1, -0.05) is 18.2 Å². The highest BCUT2D eigenvalue weighted by atomic mass is 16.6. The van der Waals surface area contributed by atoms with E-state index < -0.39 is 40.1 Å². The number of nitro benzene ring substituents is 1. The van der Waals surface area contributed by atoms with E-state index in [-0.39, 0.29) is 23.6 Å². The summed E-state index contributed by atoms with van der Waals surface area (Å²) in [6.07, 6.45) is 2.53. The number of carbonyl (C=O) groups is 3. The highest BCUT2D eigenvalue weighted by Crippen LogP contribution is 2.30. The first-order chi connectivity index (χ1) is 16.8. The molecule has 2 heterocycles. The van der Waals surface area contributed by atoms with Gasteiger partial charge in [-0.3, -0.25) is 29.4 Å². The van der Waals surface area contributed by atoms with E-state index in [1.54, 1.807) is 31.4 Å². The van der Waals surface area contributed by atoms with E-state index in [9.17, 15) is 29.6 Å². The number of hydrogen-bond acceptors (Lipinski definition) is 7. The lowest BCUT2D eigenvalue weighted by molar-refractivity contribution is -0.385. The molecule has 2 aromatic carbocycles. The van der Waals surface area contributed by atoms with Gasteiger partial charge in [-0.2, -0.15) is 0 Å². The molecule has 0 saturated carbocycles. The largest absolute Gasteiger partial charge is 0.502 e. The van der Waals surface area contributed by atoms with E-state index in [2.05, 4.69) is 5.32 Å². The molecule has 0 bridgehead atoms. The molecule has 35 heavy (non-hydrogen) atoms. The van der Waals surface area contributed by atoms with Gasteiger partial charge in [0.25, 0.3) is 11.8 Å². The third-order valence-corrected chi connectivity index (χ3v) is 5.90. The van der Waals surface area contributed by atoms with Gasteiger partial charge in [-0.15, -0.1) is 0 Å². The molecule has 1 aliphatic heterocycles. The fourth-order valence-corrected chi connectivity index (χ4v) is 4.08. The first-order valence-corrected chi connectivity index (χ1v) is 11.0. The van der Waals surface area contributed by atoms with Crippen molar-refractivity contribution in [2.24, 2.45) is 0 Å². The van der Waals surface area contributed by atoms with Crippen molar-refractivity contribution >= 4 is 23.4 Å². The predicted octanol–water partition coefficient (Wildman–Crippen LogP) is 3.24. The van der Waals surface area contributed by atoms with Gasteiger partial charge in [0.2, 0.25) is 5.91 Å². The summed E-state index contributed by atoms with van der Waals surface area (Å²) in [6, 6.07) is 12.0. The molecule has 2 atom stereocenters. The molecule has 2 unspecified atom stereocenters. The summed E-state index contributed by atoms with van der Waals surface area (Å²) >= 11 is 0. The smallest absolute Gasteiger partial charge is 0.310 e. The molecule has 2 N–H and O–H groups in total. The van der Waals surface area contributed by atoms with Crippen LogP contribution in [0, 0.1) is 10.1 Å². The van der Waals surface area contributed by atoms with E-state index in [1.165, 1.54) is 18.2 Å². The molecule has 0 fully saturated rings. The van der Waals surface area contributed by atoms with Crippen molar-refractivity contribution in [1.82, 2.24) is 10.2 Å². The van der Waals surface area contributed by atoms with E-state index >= 15 is 0 Å². The third-order valence-electron chi connectivity index (χ3n) is 5.90. The van der Waals surface area contributed by atoms with Crippen molar-refractivity contribution in [3.8, 4) is 5.75 Å². The highest BCUT2D eigenvalue weighted by molar-refractivity contribution is 6.22. The predicted molar refractivity (Wildman–Crippen MR) is 124 cm³/mol. The fraction of sp³-hybridized carbons (Fsp3) is 0.240. The molecule has 10 heteroatoms. The Morgan fingerprint density at radius 1 is 1.11 bits per heavy atom. The number of nitro groups is 1. The van der Waals surface area contributed by atoms with E-state index in [1.807, 2.05) is 6.07 Å². The van der Waals surface area contributed by atoms with Crippen LogP contribution in [0.2, 0.25) is 0 Å². The second kappa shape index (κ2) is 9.80.